The van der Waals surface area contributed by atoms with Gasteiger partial charge in [0.15, 0.2) is 0 Å². The van der Waals surface area contributed by atoms with Crippen molar-refractivity contribution in [1.29, 1.82) is 0 Å². The molecule has 4 aromatic rings. The SMILES string of the molecule is Cc1ccc(-c2ccc(/C=C3/SC(=O)N(CC(=O)Nc4cccc5ccccc45)C3=O)o2)c([N+](=O)[O-])c1. The Morgan fingerprint density at radius 3 is 2.68 bits per heavy atom. The van der Waals surface area contributed by atoms with Crippen molar-refractivity contribution in [2.45, 2.75) is 6.92 Å². The van der Waals surface area contributed by atoms with E-state index in [1.54, 1.807) is 37.3 Å². The van der Waals surface area contributed by atoms with Crippen LogP contribution in [-0.2, 0) is 9.59 Å². The van der Waals surface area contributed by atoms with Crippen LogP contribution >= 0.6 is 11.8 Å². The Morgan fingerprint density at radius 2 is 1.86 bits per heavy atom. The van der Waals surface area contributed by atoms with Crippen LogP contribution in [-0.4, -0.2) is 33.4 Å². The lowest BCUT2D eigenvalue weighted by Gasteiger charge is -2.13. The second-order valence-electron chi connectivity index (χ2n) is 8.32. The molecular formula is C27H19N3O6S. The van der Waals surface area contributed by atoms with E-state index >= 15 is 0 Å². The van der Waals surface area contributed by atoms with E-state index in [4.69, 9.17) is 4.42 Å². The number of rotatable bonds is 6. The highest BCUT2D eigenvalue weighted by molar-refractivity contribution is 8.18. The normalized spacial score (nSPS) is 14.5. The lowest BCUT2D eigenvalue weighted by atomic mass is 10.1. The number of imide groups is 1. The van der Waals surface area contributed by atoms with Gasteiger partial charge in [0, 0.05) is 23.2 Å². The van der Waals surface area contributed by atoms with Gasteiger partial charge >= 0.3 is 0 Å². The first-order valence-corrected chi connectivity index (χ1v) is 12.0. The van der Waals surface area contributed by atoms with Gasteiger partial charge in [-0.3, -0.25) is 29.4 Å². The van der Waals surface area contributed by atoms with E-state index in [-0.39, 0.29) is 22.1 Å². The fraction of sp³-hybridized carbons (Fsp3) is 0.0741. The van der Waals surface area contributed by atoms with Crippen molar-refractivity contribution >= 4 is 57.0 Å². The van der Waals surface area contributed by atoms with E-state index in [1.165, 1.54) is 12.1 Å². The number of nitrogens with zero attached hydrogens (tertiary/aromatic N) is 2. The Bertz CT molecular complexity index is 1620. The average molecular weight is 514 g/mol. The van der Waals surface area contributed by atoms with Gasteiger partial charge in [-0.25, -0.2) is 0 Å². The quantitative estimate of drug-likeness (QED) is 0.191. The molecule has 1 saturated heterocycles. The van der Waals surface area contributed by atoms with Crippen LogP contribution in [0.2, 0.25) is 0 Å². The molecule has 5 rings (SSSR count). The summed E-state index contributed by atoms with van der Waals surface area (Å²) < 4.78 is 5.73. The Labute approximate surface area is 214 Å². The van der Waals surface area contributed by atoms with Gasteiger partial charge in [0.25, 0.3) is 16.8 Å². The molecule has 1 fully saturated rings. The first-order chi connectivity index (χ1) is 17.8. The highest BCUT2D eigenvalue weighted by atomic mass is 32.2. The minimum atomic E-state index is -0.623. The van der Waals surface area contributed by atoms with Crippen LogP contribution in [0.4, 0.5) is 16.2 Å². The van der Waals surface area contributed by atoms with E-state index < -0.39 is 28.5 Å². The van der Waals surface area contributed by atoms with Crippen LogP contribution in [0.3, 0.4) is 0 Å². The van der Waals surface area contributed by atoms with Gasteiger partial charge in [0.1, 0.15) is 18.1 Å². The maximum Gasteiger partial charge on any atom is 0.294 e. The van der Waals surface area contributed by atoms with E-state index in [9.17, 15) is 24.5 Å². The summed E-state index contributed by atoms with van der Waals surface area (Å²) in [6, 6.07) is 20.9. The van der Waals surface area contributed by atoms with E-state index in [2.05, 4.69) is 5.32 Å². The van der Waals surface area contributed by atoms with Crippen molar-refractivity contribution in [1.82, 2.24) is 4.90 Å². The second kappa shape index (κ2) is 9.75. The predicted octanol–water partition coefficient (Wildman–Crippen LogP) is 5.99. The van der Waals surface area contributed by atoms with Crippen molar-refractivity contribution < 1.29 is 23.7 Å². The van der Waals surface area contributed by atoms with Gasteiger partial charge in [-0.2, -0.15) is 0 Å². The minimum Gasteiger partial charge on any atom is -0.456 e. The van der Waals surface area contributed by atoms with Crippen LogP contribution in [0.25, 0.3) is 28.2 Å². The molecule has 1 aromatic heterocycles. The zero-order valence-corrected chi connectivity index (χ0v) is 20.3. The highest BCUT2D eigenvalue weighted by Gasteiger charge is 2.36. The van der Waals surface area contributed by atoms with Crippen LogP contribution in [0.15, 0.2) is 82.1 Å². The summed E-state index contributed by atoms with van der Waals surface area (Å²) in [6.45, 7) is 1.31. The molecule has 0 radical (unpaired) electrons. The number of nitro groups is 1. The Morgan fingerprint density at radius 1 is 1.08 bits per heavy atom. The van der Waals surface area contributed by atoms with Gasteiger partial charge < -0.3 is 9.73 Å². The van der Waals surface area contributed by atoms with Gasteiger partial charge in [-0.1, -0.05) is 42.5 Å². The monoisotopic (exact) mass is 513 g/mol. The molecule has 0 atom stereocenters. The number of hydrogen-bond donors (Lipinski definition) is 1. The van der Waals surface area contributed by atoms with Crippen molar-refractivity contribution in [3.63, 3.8) is 0 Å². The molecule has 37 heavy (non-hydrogen) atoms. The van der Waals surface area contributed by atoms with Crippen molar-refractivity contribution in [3.05, 3.63) is 99.1 Å². The van der Waals surface area contributed by atoms with E-state index in [1.807, 2.05) is 36.4 Å². The van der Waals surface area contributed by atoms with Crippen molar-refractivity contribution in [2.75, 3.05) is 11.9 Å². The third-order valence-corrected chi connectivity index (χ3v) is 6.66. The van der Waals surface area contributed by atoms with Gasteiger partial charge in [-0.05, 0) is 53.9 Å². The molecular weight excluding hydrogens is 494 g/mol. The molecule has 3 amide bonds. The third-order valence-electron chi connectivity index (χ3n) is 5.75. The van der Waals surface area contributed by atoms with Crippen molar-refractivity contribution in [2.24, 2.45) is 0 Å². The van der Waals surface area contributed by atoms with E-state index in [0.29, 0.717) is 23.0 Å². The zero-order chi connectivity index (χ0) is 26.1. The van der Waals surface area contributed by atoms with Gasteiger partial charge in [0.2, 0.25) is 5.91 Å². The first kappa shape index (κ1) is 24.0. The largest absolute Gasteiger partial charge is 0.456 e. The average Bonchev–Trinajstić information content (AvgIpc) is 3.44. The maximum atomic E-state index is 12.9. The fourth-order valence-corrected chi connectivity index (χ4v) is 4.83. The Hall–Kier alpha value is -4.70. The molecule has 1 aliphatic heterocycles. The summed E-state index contributed by atoms with van der Waals surface area (Å²) in [6.07, 6.45) is 1.39. The number of nitro benzene ring substituents is 1. The minimum absolute atomic E-state index is 0.0854. The predicted molar refractivity (Wildman–Crippen MR) is 141 cm³/mol. The fourth-order valence-electron chi connectivity index (χ4n) is 4.01. The third kappa shape index (κ3) is 4.87. The number of carbonyl (C=O) groups is 3. The molecule has 0 saturated carbocycles. The Balaban J connectivity index is 1.32. The summed E-state index contributed by atoms with van der Waals surface area (Å²) in [5.74, 6) is -0.628. The number of thioether (sulfide) groups is 1. The highest BCUT2D eigenvalue weighted by Crippen LogP contribution is 2.35. The van der Waals surface area contributed by atoms with Crippen LogP contribution in [0.5, 0.6) is 0 Å². The summed E-state index contributed by atoms with van der Waals surface area (Å²) in [7, 11) is 0. The molecule has 0 bridgehead atoms. The molecule has 0 aliphatic carbocycles. The number of amides is 3. The molecule has 10 heteroatoms. The molecule has 1 N–H and O–H groups in total. The molecule has 0 unspecified atom stereocenters. The lowest BCUT2D eigenvalue weighted by molar-refractivity contribution is -0.384. The van der Waals surface area contributed by atoms with Crippen LogP contribution < -0.4 is 5.32 Å². The summed E-state index contributed by atoms with van der Waals surface area (Å²) in [4.78, 5) is 50.0. The zero-order valence-electron chi connectivity index (χ0n) is 19.5. The number of fused-ring (bicyclic) bond motifs is 1. The van der Waals surface area contributed by atoms with Gasteiger partial charge in [-0.15, -0.1) is 0 Å². The summed E-state index contributed by atoms with van der Waals surface area (Å²) in [5, 5.41) is 15.4. The molecule has 0 spiro atoms. The summed E-state index contributed by atoms with van der Waals surface area (Å²) >= 11 is 0.693. The molecule has 2 heterocycles. The maximum absolute atomic E-state index is 12.9. The number of furan rings is 1. The molecule has 9 nitrogen and oxygen atoms in total. The number of aryl methyl sites for hydroxylation is 1. The second-order valence-corrected chi connectivity index (χ2v) is 9.32. The molecule has 184 valence electrons. The Kier molecular flexibility index (Phi) is 6.33. The number of nitrogens with one attached hydrogen (secondary N) is 1. The summed E-state index contributed by atoms with van der Waals surface area (Å²) in [5.41, 5.74) is 1.52. The van der Waals surface area contributed by atoms with E-state index in [0.717, 1.165) is 21.2 Å². The standard InChI is InChI=1S/C27H19N3O6S/c1-16-9-11-20(22(13-16)30(34)35)23-12-10-18(36-23)14-24-26(32)29(27(33)37-24)15-25(31)28-21-8-4-6-17-5-2-3-7-19(17)21/h2-14H,15H2,1H3,(H,28,31)/b24-14+. The topological polar surface area (TPSA) is 123 Å². The lowest BCUT2D eigenvalue weighted by Crippen LogP contribution is -2.36. The van der Waals surface area contributed by atoms with Gasteiger partial charge in [0.05, 0.1) is 15.4 Å². The number of carbonyl (C=O) groups excluding carboxylic acids is 3. The smallest absolute Gasteiger partial charge is 0.294 e. The van der Waals surface area contributed by atoms with Crippen molar-refractivity contribution in [3.8, 4) is 11.3 Å². The first-order valence-electron chi connectivity index (χ1n) is 11.2. The number of benzene rings is 3. The molecule has 1 aliphatic rings. The van der Waals surface area contributed by atoms with Crippen LogP contribution in [0.1, 0.15) is 11.3 Å². The molecule has 3 aromatic carbocycles. The van der Waals surface area contributed by atoms with Crippen LogP contribution in [0, 0.1) is 17.0 Å². The number of hydrogen-bond acceptors (Lipinski definition) is 7. The number of anilines is 1.